The minimum absolute atomic E-state index is 0.298. The van der Waals surface area contributed by atoms with Crippen LogP contribution in [0.5, 0.6) is 5.75 Å². The molecule has 0 amide bonds. The molecule has 1 atom stereocenters. The van der Waals surface area contributed by atoms with Gasteiger partial charge < -0.3 is 15.4 Å². The molecule has 2 aromatic carbocycles. The highest BCUT2D eigenvalue weighted by Gasteiger charge is 2.22. The molecule has 0 radical (unpaired) electrons. The molecule has 0 aliphatic heterocycles. The van der Waals surface area contributed by atoms with Gasteiger partial charge in [-0.25, -0.2) is 0 Å². The van der Waals surface area contributed by atoms with E-state index in [1.54, 1.807) is 7.11 Å². The lowest BCUT2D eigenvalue weighted by Crippen LogP contribution is -2.31. The van der Waals surface area contributed by atoms with Crippen LogP contribution in [0, 0.1) is 0 Å². The molecule has 1 aliphatic rings. The van der Waals surface area contributed by atoms with Crippen molar-refractivity contribution in [3.05, 3.63) is 59.7 Å². The van der Waals surface area contributed by atoms with E-state index >= 15 is 0 Å². The van der Waals surface area contributed by atoms with Crippen molar-refractivity contribution in [2.75, 3.05) is 12.4 Å². The Hall–Kier alpha value is -2.07. The minimum Gasteiger partial charge on any atom is -0.497 e. The average molecular weight is 298 g/mol. The highest BCUT2D eigenvalue weighted by Crippen LogP contribution is 2.30. The summed E-state index contributed by atoms with van der Waals surface area (Å²) in [5, 5.41) is 7.26. The van der Waals surface area contributed by atoms with Gasteiger partial charge in [-0.2, -0.15) is 0 Å². The molecule has 0 aromatic heterocycles. The quantitative estimate of drug-likeness (QED) is 0.847. The number of nitrogens with one attached hydrogen (secondary N) is 2. The number of fused-ring (bicyclic) bond motifs is 1. The number of ether oxygens (including phenoxy) is 1. The van der Waals surface area contributed by atoms with Gasteiger partial charge in [0, 0.05) is 11.8 Å². The van der Waals surface area contributed by atoms with Crippen molar-refractivity contribution in [3.8, 4) is 5.75 Å². The number of rotatable bonds is 3. The van der Waals surface area contributed by atoms with Crippen LogP contribution in [-0.2, 0) is 6.42 Å². The number of hydrogen-bond donors (Lipinski definition) is 2. The third-order valence-corrected chi connectivity index (χ3v) is 3.99. The van der Waals surface area contributed by atoms with Crippen molar-refractivity contribution in [1.82, 2.24) is 5.32 Å². The Morgan fingerprint density at radius 3 is 2.90 bits per heavy atom. The molecule has 0 heterocycles. The second-order valence-corrected chi connectivity index (χ2v) is 5.53. The van der Waals surface area contributed by atoms with E-state index in [1.165, 1.54) is 11.1 Å². The van der Waals surface area contributed by atoms with Gasteiger partial charge in [-0.1, -0.05) is 30.3 Å². The summed E-state index contributed by atoms with van der Waals surface area (Å²) in [7, 11) is 1.66. The predicted octanol–water partition coefficient (Wildman–Crippen LogP) is 3.67. The van der Waals surface area contributed by atoms with E-state index in [9.17, 15) is 0 Å². The predicted molar refractivity (Wildman–Crippen MR) is 89.9 cm³/mol. The molecular formula is C17H18N2OS. The number of aryl methyl sites for hydroxylation is 1. The summed E-state index contributed by atoms with van der Waals surface area (Å²) >= 11 is 5.42. The Morgan fingerprint density at radius 2 is 2.05 bits per heavy atom. The monoisotopic (exact) mass is 298 g/mol. The van der Waals surface area contributed by atoms with Gasteiger partial charge >= 0.3 is 0 Å². The van der Waals surface area contributed by atoms with Crippen LogP contribution in [0.2, 0.25) is 0 Å². The van der Waals surface area contributed by atoms with E-state index in [0.29, 0.717) is 11.2 Å². The molecule has 0 bridgehead atoms. The molecular weight excluding hydrogens is 280 g/mol. The highest BCUT2D eigenvalue weighted by molar-refractivity contribution is 7.80. The summed E-state index contributed by atoms with van der Waals surface area (Å²) in [4.78, 5) is 0. The molecule has 2 N–H and O–H groups in total. The Morgan fingerprint density at radius 1 is 1.19 bits per heavy atom. The zero-order valence-electron chi connectivity index (χ0n) is 11.9. The zero-order chi connectivity index (χ0) is 14.7. The van der Waals surface area contributed by atoms with Crippen LogP contribution in [0.1, 0.15) is 23.6 Å². The van der Waals surface area contributed by atoms with Gasteiger partial charge in [0.25, 0.3) is 0 Å². The fourth-order valence-electron chi connectivity index (χ4n) is 2.73. The van der Waals surface area contributed by atoms with Gasteiger partial charge in [0.1, 0.15) is 5.75 Å². The first-order chi connectivity index (χ1) is 10.3. The standard InChI is InChI=1S/C17H18N2OS/c1-20-14-7-4-6-13(11-14)18-17(21)19-16-10-9-12-5-2-3-8-15(12)16/h2-8,11,16H,9-10H2,1H3,(H2,18,19,21). The van der Waals surface area contributed by atoms with E-state index < -0.39 is 0 Å². The largest absolute Gasteiger partial charge is 0.497 e. The number of methoxy groups -OCH3 is 1. The summed E-state index contributed by atoms with van der Waals surface area (Å²) in [5.74, 6) is 0.814. The van der Waals surface area contributed by atoms with E-state index in [4.69, 9.17) is 17.0 Å². The first kappa shape index (κ1) is 13.9. The fraction of sp³-hybridized carbons (Fsp3) is 0.235. The Labute approximate surface area is 130 Å². The van der Waals surface area contributed by atoms with Crippen molar-refractivity contribution in [1.29, 1.82) is 0 Å². The Balaban J connectivity index is 1.65. The summed E-state index contributed by atoms with van der Waals surface area (Å²) < 4.78 is 5.21. The van der Waals surface area contributed by atoms with E-state index in [2.05, 4.69) is 34.9 Å². The zero-order valence-corrected chi connectivity index (χ0v) is 12.7. The van der Waals surface area contributed by atoms with Crippen LogP contribution in [0.15, 0.2) is 48.5 Å². The maximum Gasteiger partial charge on any atom is 0.171 e. The third kappa shape index (κ3) is 3.16. The molecule has 2 aromatic rings. The third-order valence-electron chi connectivity index (χ3n) is 3.77. The number of hydrogen-bond acceptors (Lipinski definition) is 2. The molecule has 0 saturated carbocycles. The SMILES string of the molecule is COc1cccc(NC(=S)NC2CCc3ccccc32)c1. The second-order valence-electron chi connectivity index (χ2n) is 5.12. The molecule has 4 heteroatoms. The molecule has 21 heavy (non-hydrogen) atoms. The molecule has 1 unspecified atom stereocenters. The number of benzene rings is 2. The van der Waals surface area contributed by atoms with Crippen molar-refractivity contribution < 1.29 is 4.74 Å². The van der Waals surface area contributed by atoms with Crippen molar-refractivity contribution >= 4 is 23.0 Å². The van der Waals surface area contributed by atoms with Crippen LogP contribution >= 0.6 is 12.2 Å². The van der Waals surface area contributed by atoms with Gasteiger partial charge in [-0.3, -0.25) is 0 Å². The smallest absolute Gasteiger partial charge is 0.171 e. The van der Waals surface area contributed by atoms with E-state index in [-0.39, 0.29) is 0 Å². The summed E-state index contributed by atoms with van der Waals surface area (Å²) in [6, 6.07) is 16.6. The normalized spacial score (nSPS) is 16.1. The number of thiocarbonyl (C=S) groups is 1. The lowest BCUT2D eigenvalue weighted by atomic mass is 10.1. The van der Waals surface area contributed by atoms with Gasteiger partial charge in [-0.05, 0) is 48.3 Å². The van der Waals surface area contributed by atoms with Crippen LogP contribution in [-0.4, -0.2) is 12.2 Å². The fourth-order valence-corrected chi connectivity index (χ4v) is 2.99. The maximum absolute atomic E-state index is 5.42. The topological polar surface area (TPSA) is 33.3 Å². The highest BCUT2D eigenvalue weighted by atomic mass is 32.1. The summed E-state index contributed by atoms with van der Waals surface area (Å²) in [6.45, 7) is 0. The second kappa shape index (κ2) is 6.14. The van der Waals surface area contributed by atoms with Gasteiger partial charge in [0.05, 0.1) is 13.2 Å². The molecule has 1 aliphatic carbocycles. The lowest BCUT2D eigenvalue weighted by Gasteiger charge is -2.17. The molecule has 0 saturated heterocycles. The molecule has 108 valence electrons. The first-order valence-electron chi connectivity index (χ1n) is 7.05. The van der Waals surface area contributed by atoms with Gasteiger partial charge in [0.2, 0.25) is 0 Å². The molecule has 3 rings (SSSR count). The minimum atomic E-state index is 0.298. The van der Waals surface area contributed by atoms with Gasteiger partial charge in [0.15, 0.2) is 5.11 Å². The van der Waals surface area contributed by atoms with Crippen LogP contribution in [0.4, 0.5) is 5.69 Å². The Kier molecular flexibility index (Phi) is 4.06. The maximum atomic E-state index is 5.42. The van der Waals surface area contributed by atoms with Crippen LogP contribution < -0.4 is 15.4 Å². The summed E-state index contributed by atoms with van der Waals surface area (Å²) in [6.07, 6.45) is 2.19. The van der Waals surface area contributed by atoms with Crippen molar-refractivity contribution in [2.24, 2.45) is 0 Å². The van der Waals surface area contributed by atoms with Crippen LogP contribution in [0.25, 0.3) is 0 Å². The first-order valence-corrected chi connectivity index (χ1v) is 7.46. The van der Waals surface area contributed by atoms with Crippen molar-refractivity contribution in [2.45, 2.75) is 18.9 Å². The Bertz CT molecular complexity index is 657. The average Bonchev–Trinajstić information content (AvgIpc) is 2.91. The van der Waals surface area contributed by atoms with E-state index in [1.807, 2.05) is 24.3 Å². The van der Waals surface area contributed by atoms with Crippen molar-refractivity contribution in [3.63, 3.8) is 0 Å². The van der Waals surface area contributed by atoms with Crippen LogP contribution in [0.3, 0.4) is 0 Å². The van der Waals surface area contributed by atoms with Gasteiger partial charge in [-0.15, -0.1) is 0 Å². The van der Waals surface area contributed by atoms with E-state index in [0.717, 1.165) is 24.3 Å². The lowest BCUT2D eigenvalue weighted by molar-refractivity contribution is 0.415. The molecule has 3 nitrogen and oxygen atoms in total. The number of anilines is 1. The summed E-state index contributed by atoms with van der Waals surface area (Å²) in [5.41, 5.74) is 3.70. The molecule has 0 spiro atoms. The molecule has 0 fully saturated rings.